The van der Waals surface area contributed by atoms with Crippen LogP contribution in [0, 0.1) is 6.92 Å². The standard InChI is InChI=1S/C23H26ClNO4S2/c1-3-13-25(14-12-18-6-4-17(5-7-18)8-11-22(26)27)31(28,29)23-16(2)20-15-19(24)9-10-21(20)30-23/h4-7,9-10,15H,3,8,11-14H2,1-2H3,(H,26,27). The summed E-state index contributed by atoms with van der Waals surface area (Å²) in [6.07, 6.45) is 1.90. The SMILES string of the molecule is CCCN(CCc1ccc(CCC(=O)O)cc1)S(=O)(=O)c1sc2ccc(Cl)cc2c1C. The van der Waals surface area contributed by atoms with Crippen molar-refractivity contribution in [2.75, 3.05) is 13.1 Å². The van der Waals surface area contributed by atoms with Crippen molar-refractivity contribution in [3.8, 4) is 0 Å². The van der Waals surface area contributed by atoms with Crippen molar-refractivity contribution in [3.05, 3.63) is 64.2 Å². The second-order valence-electron chi connectivity index (χ2n) is 7.52. The minimum absolute atomic E-state index is 0.0988. The van der Waals surface area contributed by atoms with Crippen LogP contribution in [-0.2, 0) is 27.7 Å². The molecule has 31 heavy (non-hydrogen) atoms. The van der Waals surface area contributed by atoms with Crippen molar-refractivity contribution in [1.82, 2.24) is 4.31 Å². The molecule has 0 atom stereocenters. The van der Waals surface area contributed by atoms with Gasteiger partial charge in [-0.3, -0.25) is 4.79 Å². The first-order valence-corrected chi connectivity index (χ1v) is 12.8. The second kappa shape index (κ2) is 10.1. The van der Waals surface area contributed by atoms with E-state index in [4.69, 9.17) is 16.7 Å². The molecular weight excluding hydrogens is 454 g/mol. The van der Waals surface area contributed by atoms with Gasteiger partial charge in [0.2, 0.25) is 0 Å². The van der Waals surface area contributed by atoms with Crippen LogP contribution in [0.4, 0.5) is 0 Å². The lowest BCUT2D eigenvalue weighted by Crippen LogP contribution is -2.33. The van der Waals surface area contributed by atoms with Gasteiger partial charge in [-0.1, -0.05) is 42.8 Å². The van der Waals surface area contributed by atoms with Crippen LogP contribution in [0.1, 0.15) is 36.5 Å². The van der Waals surface area contributed by atoms with Crippen molar-refractivity contribution in [2.24, 2.45) is 0 Å². The summed E-state index contributed by atoms with van der Waals surface area (Å²) >= 11 is 7.39. The summed E-state index contributed by atoms with van der Waals surface area (Å²) in [6.45, 7) is 4.64. The van der Waals surface area contributed by atoms with Gasteiger partial charge < -0.3 is 5.11 Å². The lowest BCUT2D eigenvalue weighted by molar-refractivity contribution is -0.136. The Morgan fingerprint density at radius 2 is 1.71 bits per heavy atom. The second-order valence-corrected chi connectivity index (χ2v) is 11.1. The van der Waals surface area contributed by atoms with Crippen LogP contribution in [0.15, 0.2) is 46.7 Å². The first-order valence-electron chi connectivity index (χ1n) is 10.2. The fraction of sp³-hybridized carbons (Fsp3) is 0.348. The third-order valence-electron chi connectivity index (χ3n) is 5.20. The summed E-state index contributed by atoms with van der Waals surface area (Å²) in [6, 6.07) is 13.2. The molecule has 0 aliphatic heterocycles. The molecule has 3 aromatic rings. The number of hydrogen-bond donors (Lipinski definition) is 1. The Morgan fingerprint density at radius 3 is 2.32 bits per heavy atom. The summed E-state index contributed by atoms with van der Waals surface area (Å²) in [5.74, 6) is -0.816. The molecule has 0 unspecified atom stereocenters. The Bertz CT molecular complexity index is 1170. The molecule has 1 heterocycles. The highest BCUT2D eigenvalue weighted by molar-refractivity contribution is 7.91. The van der Waals surface area contributed by atoms with Gasteiger partial charge in [-0.05, 0) is 66.5 Å². The predicted octanol–water partition coefficient (Wildman–Crippen LogP) is 5.52. The number of benzene rings is 2. The van der Waals surface area contributed by atoms with E-state index in [0.29, 0.717) is 35.2 Å². The average Bonchev–Trinajstić information content (AvgIpc) is 3.07. The van der Waals surface area contributed by atoms with Gasteiger partial charge >= 0.3 is 5.97 Å². The van der Waals surface area contributed by atoms with Crippen LogP contribution in [0.25, 0.3) is 10.1 Å². The van der Waals surface area contributed by atoms with Gasteiger partial charge in [0.1, 0.15) is 4.21 Å². The highest BCUT2D eigenvalue weighted by atomic mass is 35.5. The number of halogens is 1. The van der Waals surface area contributed by atoms with Gasteiger partial charge in [-0.2, -0.15) is 4.31 Å². The van der Waals surface area contributed by atoms with Gasteiger partial charge in [0.25, 0.3) is 10.0 Å². The van der Waals surface area contributed by atoms with E-state index < -0.39 is 16.0 Å². The zero-order valence-electron chi connectivity index (χ0n) is 17.6. The molecule has 2 aromatic carbocycles. The summed E-state index contributed by atoms with van der Waals surface area (Å²) in [5.41, 5.74) is 2.73. The number of carbonyl (C=O) groups is 1. The predicted molar refractivity (Wildman–Crippen MR) is 127 cm³/mol. The van der Waals surface area contributed by atoms with E-state index in [1.165, 1.54) is 11.3 Å². The number of carboxylic acid groups (broad SMARTS) is 1. The fourth-order valence-corrected chi connectivity index (χ4v) is 7.10. The highest BCUT2D eigenvalue weighted by Crippen LogP contribution is 2.37. The number of rotatable bonds is 10. The third kappa shape index (κ3) is 5.66. The van der Waals surface area contributed by atoms with Gasteiger partial charge in [-0.15, -0.1) is 11.3 Å². The normalized spacial score (nSPS) is 12.0. The van der Waals surface area contributed by atoms with Crippen LogP contribution in [0.3, 0.4) is 0 Å². The molecule has 0 radical (unpaired) electrons. The Kier molecular flexibility index (Phi) is 7.75. The maximum Gasteiger partial charge on any atom is 0.303 e. The van der Waals surface area contributed by atoms with Crippen LogP contribution in [0.2, 0.25) is 5.02 Å². The van der Waals surface area contributed by atoms with Gasteiger partial charge in [0.15, 0.2) is 0 Å². The summed E-state index contributed by atoms with van der Waals surface area (Å²) in [5, 5.41) is 10.3. The number of fused-ring (bicyclic) bond motifs is 1. The molecule has 166 valence electrons. The monoisotopic (exact) mass is 479 g/mol. The molecule has 0 fully saturated rings. The largest absolute Gasteiger partial charge is 0.481 e. The zero-order chi connectivity index (χ0) is 22.6. The number of aryl methyl sites for hydroxylation is 2. The number of aliphatic carboxylic acids is 1. The lowest BCUT2D eigenvalue weighted by atomic mass is 10.1. The minimum Gasteiger partial charge on any atom is -0.481 e. The molecule has 1 aromatic heterocycles. The minimum atomic E-state index is -3.62. The molecule has 0 aliphatic carbocycles. The molecule has 0 amide bonds. The smallest absolute Gasteiger partial charge is 0.303 e. The zero-order valence-corrected chi connectivity index (χ0v) is 20.0. The maximum absolute atomic E-state index is 13.5. The lowest BCUT2D eigenvalue weighted by Gasteiger charge is -2.21. The third-order valence-corrected chi connectivity index (χ3v) is 9.21. The van der Waals surface area contributed by atoms with E-state index in [9.17, 15) is 13.2 Å². The summed E-state index contributed by atoms with van der Waals surface area (Å²) in [4.78, 5) is 10.7. The molecule has 5 nitrogen and oxygen atoms in total. The van der Waals surface area contributed by atoms with Crippen LogP contribution in [-0.4, -0.2) is 36.9 Å². The fourth-order valence-electron chi connectivity index (χ4n) is 3.51. The number of hydrogen-bond acceptors (Lipinski definition) is 4. The summed E-state index contributed by atoms with van der Waals surface area (Å²) in [7, 11) is -3.62. The topological polar surface area (TPSA) is 74.7 Å². The highest BCUT2D eigenvalue weighted by Gasteiger charge is 2.28. The number of sulfonamides is 1. The van der Waals surface area contributed by atoms with Crippen molar-refractivity contribution >= 4 is 49.0 Å². The first kappa shape index (κ1) is 23.7. The van der Waals surface area contributed by atoms with Crippen molar-refractivity contribution in [1.29, 1.82) is 0 Å². The Hall–Kier alpha value is -1.93. The quantitative estimate of drug-likeness (QED) is 0.415. The van der Waals surface area contributed by atoms with Crippen LogP contribution < -0.4 is 0 Å². The van der Waals surface area contributed by atoms with Crippen LogP contribution >= 0.6 is 22.9 Å². The van der Waals surface area contributed by atoms with Crippen molar-refractivity contribution in [3.63, 3.8) is 0 Å². The molecule has 0 bridgehead atoms. The molecule has 8 heteroatoms. The molecule has 0 spiro atoms. The van der Waals surface area contributed by atoms with Gasteiger partial charge in [0, 0.05) is 29.2 Å². The van der Waals surface area contributed by atoms with E-state index in [2.05, 4.69) is 0 Å². The first-order chi connectivity index (χ1) is 14.7. The van der Waals surface area contributed by atoms with E-state index >= 15 is 0 Å². The Morgan fingerprint density at radius 1 is 1.06 bits per heavy atom. The molecular formula is C23H26ClNO4S2. The molecule has 0 aliphatic rings. The van der Waals surface area contributed by atoms with E-state index in [1.807, 2.05) is 50.2 Å². The van der Waals surface area contributed by atoms with E-state index in [0.717, 1.165) is 33.2 Å². The van der Waals surface area contributed by atoms with E-state index in [-0.39, 0.29) is 6.42 Å². The van der Waals surface area contributed by atoms with Gasteiger partial charge in [0.05, 0.1) is 0 Å². The van der Waals surface area contributed by atoms with Crippen molar-refractivity contribution in [2.45, 2.75) is 43.7 Å². The molecule has 1 N–H and O–H groups in total. The molecule has 3 rings (SSSR count). The van der Waals surface area contributed by atoms with Crippen molar-refractivity contribution < 1.29 is 18.3 Å². The van der Waals surface area contributed by atoms with E-state index in [1.54, 1.807) is 10.4 Å². The molecule has 0 saturated heterocycles. The number of thiophene rings is 1. The number of carboxylic acids is 1. The molecule has 0 saturated carbocycles. The Balaban J connectivity index is 1.78. The average molecular weight is 480 g/mol. The summed E-state index contributed by atoms with van der Waals surface area (Å²) < 4.78 is 29.8. The van der Waals surface area contributed by atoms with Gasteiger partial charge in [-0.25, -0.2) is 8.42 Å². The maximum atomic E-state index is 13.5. The van der Waals surface area contributed by atoms with Crippen LogP contribution in [0.5, 0.6) is 0 Å². The Labute approximate surface area is 192 Å². The number of nitrogens with zero attached hydrogens (tertiary/aromatic N) is 1.